The van der Waals surface area contributed by atoms with Crippen LogP contribution in [0.5, 0.6) is 0 Å². The van der Waals surface area contributed by atoms with Crippen LogP contribution in [0.4, 0.5) is 4.39 Å². The fourth-order valence-corrected chi connectivity index (χ4v) is 1.59. The van der Waals surface area contributed by atoms with E-state index in [4.69, 9.17) is 4.42 Å². The molecule has 1 N–H and O–H groups in total. The number of rotatable bonds is 3. The monoisotopic (exact) mass is 248 g/mol. The largest absolute Gasteiger partial charge is 0.464 e. The lowest BCUT2D eigenvalue weighted by Gasteiger charge is -2.11. The molecule has 2 heterocycles. The van der Waals surface area contributed by atoms with E-state index >= 15 is 0 Å². The number of hydrogen-bond donors (Lipinski definition) is 1. The van der Waals surface area contributed by atoms with Crippen molar-refractivity contribution in [3.8, 4) is 0 Å². The topological polar surface area (TPSA) is 55.1 Å². The van der Waals surface area contributed by atoms with E-state index in [-0.39, 0.29) is 11.6 Å². The minimum absolute atomic E-state index is 0.0763. The summed E-state index contributed by atoms with van der Waals surface area (Å²) >= 11 is 0. The van der Waals surface area contributed by atoms with Crippen molar-refractivity contribution in [2.45, 2.75) is 19.9 Å². The Kier molecular flexibility index (Phi) is 3.41. The first kappa shape index (κ1) is 12.3. The number of aryl methyl sites for hydroxylation is 1. The number of pyridine rings is 1. The summed E-state index contributed by atoms with van der Waals surface area (Å²) in [7, 11) is 0. The minimum Gasteiger partial charge on any atom is -0.464 e. The molecule has 0 aromatic carbocycles. The Balaban J connectivity index is 2.10. The molecule has 0 bridgehead atoms. The summed E-state index contributed by atoms with van der Waals surface area (Å²) in [5, 5.41) is 2.65. The molecule has 0 radical (unpaired) electrons. The highest BCUT2D eigenvalue weighted by molar-refractivity contribution is 5.94. The molecular formula is C13H13FN2O2. The highest BCUT2D eigenvalue weighted by atomic mass is 19.1. The van der Waals surface area contributed by atoms with Crippen molar-refractivity contribution >= 4 is 5.91 Å². The van der Waals surface area contributed by atoms with Crippen molar-refractivity contribution in [1.29, 1.82) is 0 Å². The number of furan rings is 1. The third kappa shape index (κ3) is 2.56. The van der Waals surface area contributed by atoms with Gasteiger partial charge in [-0.25, -0.2) is 4.98 Å². The second kappa shape index (κ2) is 5.00. The molecule has 0 spiro atoms. The van der Waals surface area contributed by atoms with Crippen molar-refractivity contribution < 1.29 is 13.6 Å². The molecular weight excluding hydrogens is 235 g/mol. The third-order valence-corrected chi connectivity index (χ3v) is 2.54. The number of hydrogen-bond acceptors (Lipinski definition) is 3. The van der Waals surface area contributed by atoms with E-state index < -0.39 is 11.9 Å². The summed E-state index contributed by atoms with van der Waals surface area (Å²) in [6.07, 6.45) is 1.30. The maximum atomic E-state index is 13.3. The average molecular weight is 248 g/mol. The van der Waals surface area contributed by atoms with E-state index in [2.05, 4.69) is 10.3 Å². The molecule has 0 saturated heterocycles. The molecule has 2 aromatic heterocycles. The number of nitrogens with one attached hydrogen (secondary N) is 1. The van der Waals surface area contributed by atoms with Crippen molar-refractivity contribution in [2.24, 2.45) is 0 Å². The molecule has 4 nitrogen and oxygen atoms in total. The van der Waals surface area contributed by atoms with Crippen LogP contribution in [-0.2, 0) is 0 Å². The Bertz CT molecular complexity index is 566. The second-order valence-corrected chi connectivity index (χ2v) is 3.99. The van der Waals surface area contributed by atoms with E-state index in [1.165, 1.54) is 18.3 Å². The Morgan fingerprint density at radius 1 is 1.44 bits per heavy atom. The standard InChI is InChI=1S/C13H13FN2O2/c1-8-5-6-11(18-8)9(2)16-13(17)10-4-3-7-15-12(10)14/h3-7,9H,1-2H3,(H,16,17). The van der Waals surface area contributed by atoms with Crippen LogP contribution in [-0.4, -0.2) is 10.9 Å². The number of amides is 1. The molecule has 18 heavy (non-hydrogen) atoms. The van der Waals surface area contributed by atoms with Crippen LogP contribution < -0.4 is 5.32 Å². The van der Waals surface area contributed by atoms with Gasteiger partial charge < -0.3 is 9.73 Å². The van der Waals surface area contributed by atoms with Gasteiger partial charge in [0.15, 0.2) is 0 Å². The molecule has 0 aliphatic carbocycles. The van der Waals surface area contributed by atoms with Crippen LogP contribution in [0.25, 0.3) is 0 Å². The SMILES string of the molecule is Cc1ccc(C(C)NC(=O)c2cccnc2F)o1. The molecule has 2 rings (SSSR count). The van der Waals surface area contributed by atoms with Gasteiger partial charge in [-0.2, -0.15) is 4.39 Å². The molecule has 5 heteroatoms. The Morgan fingerprint density at radius 3 is 2.83 bits per heavy atom. The smallest absolute Gasteiger partial charge is 0.256 e. The van der Waals surface area contributed by atoms with Crippen LogP contribution in [0, 0.1) is 12.9 Å². The summed E-state index contributed by atoms with van der Waals surface area (Å²) in [4.78, 5) is 15.3. The summed E-state index contributed by atoms with van der Waals surface area (Å²) < 4.78 is 18.7. The fraction of sp³-hybridized carbons (Fsp3) is 0.231. The van der Waals surface area contributed by atoms with Crippen LogP contribution in [0.1, 0.15) is 34.8 Å². The first-order chi connectivity index (χ1) is 8.58. The summed E-state index contributed by atoms with van der Waals surface area (Å²) in [5.41, 5.74) is -0.0763. The van der Waals surface area contributed by atoms with Crippen LogP contribution in [0.3, 0.4) is 0 Å². The van der Waals surface area contributed by atoms with Gasteiger partial charge in [-0.15, -0.1) is 0 Å². The minimum atomic E-state index is -0.780. The lowest BCUT2D eigenvalue weighted by Crippen LogP contribution is -2.27. The van der Waals surface area contributed by atoms with Gasteiger partial charge in [0.2, 0.25) is 5.95 Å². The Labute approximate surface area is 104 Å². The average Bonchev–Trinajstić information content (AvgIpc) is 2.76. The lowest BCUT2D eigenvalue weighted by molar-refractivity contribution is 0.0930. The summed E-state index contributed by atoms with van der Waals surface area (Å²) in [5.74, 6) is 0.101. The zero-order chi connectivity index (χ0) is 13.1. The van der Waals surface area contributed by atoms with Gasteiger partial charge in [0.05, 0.1) is 11.6 Å². The van der Waals surface area contributed by atoms with E-state index in [1.54, 1.807) is 13.0 Å². The number of nitrogens with zero attached hydrogens (tertiary/aromatic N) is 1. The van der Waals surface area contributed by atoms with Crippen molar-refractivity contribution in [3.05, 3.63) is 53.5 Å². The predicted octanol–water partition coefficient (Wildman–Crippen LogP) is 2.61. The van der Waals surface area contributed by atoms with Crippen LogP contribution >= 0.6 is 0 Å². The predicted molar refractivity (Wildman–Crippen MR) is 63.5 cm³/mol. The summed E-state index contributed by atoms with van der Waals surface area (Å²) in [6.45, 7) is 3.59. The highest BCUT2D eigenvalue weighted by Gasteiger charge is 2.17. The number of halogens is 1. The van der Waals surface area contributed by atoms with Gasteiger partial charge in [0.1, 0.15) is 11.5 Å². The molecule has 1 unspecified atom stereocenters. The van der Waals surface area contributed by atoms with Gasteiger partial charge in [-0.05, 0) is 38.1 Å². The first-order valence-electron chi connectivity index (χ1n) is 5.55. The van der Waals surface area contributed by atoms with Crippen LogP contribution in [0.2, 0.25) is 0 Å². The third-order valence-electron chi connectivity index (χ3n) is 2.54. The van der Waals surface area contributed by atoms with Crippen molar-refractivity contribution in [3.63, 3.8) is 0 Å². The van der Waals surface area contributed by atoms with Crippen molar-refractivity contribution in [1.82, 2.24) is 10.3 Å². The highest BCUT2D eigenvalue weighted by Crippen LogP contribution is 2.16. The summed E-state index contributed by atoms with van der Waals surface area (Å²) in [6, 6.07) is 6.16. The molecule has 1 amide bonds. The van der Waals surface area contributed by atoms with Gasteiger partial charge in [0.25, 0.3) is 5.91 Å². The van der Waals surface area contributed by atoms with E-state index in [0.29, 0.717) is 5.76 Å². The van der Waals surface area contributed by atoms with E-state index in [0.717, 1.165) is 5.76 Å². The Hall–Kier alpha value is -2.17. The second-order valence-electron chi connectivity index (χ2n) is 3.99. The van der Waals surface area contributed by atoms with Gasteiger partial charge in [0, 0.05) is 6.20 Å². The maximum absolute atomic E-state index is 13.3. The quantitative estimate of drug-likeness (QED) is 0.849. The normalized spacial score (nSPS) is 12.2. The number of aromatic nitrogens is 1. The molecule has 94 valence electrons. The molecule has 2 aromatic rings. The zero-order valence-corrected chi connectivity index (χ0v) is 10.1. The van der Waals surface area contributed by atoms with E-state index in [9.17, 15) is 9.18 Å². The number of carbonyl (C=O) groups excluding carboxylic acids is 1. The van der Waals surface area contributed by atoms with Crippen molar-refractivity contribution in [2.75, 3.05) is 0 Å². The molecule has 0 aliphatic rings. The van der Waals surface area contributed by atoms with Gasteiger partial charge in [-0.1, -0.05) is 0 Å². The fourth-order valence-electron chi connectivity index (χ4n) is 1.59. The zero-order valence-electron chi connectivity index (χ0n) is 10.1. The number of carbonyl (C=O) groups is 1. The molecule has 0 fully saturated rings. The van der Waals surface area contributed by atoms with Gasteiger partial charge >= 0.3 is 0 Å². The van der Waals surface area contributed by atoms with Crippen LogP contribution in [0.15, 0.2) is 34.9 Å². The Morgan fingerprint density at radius 2 is 2.22 bits per heavy atom. The molecule has 0 aliphatic heterocycles. The molecule has 0 saturated carbocycles. The van der Waals surface area contributed by atoms with E-state index in [1.807, 2.05) is 13.0 Å². The lowest BCUT2D eigenvalue weighted by atomic mass is 10.2. The first-order valence-corrected chi connectivity index (χ1v) is 5.55. The maximum Gasteiger partial charge on any atom is 0.256 e. The van der Waals surface area contributed by atoms with Gasteiger partial charge in [-0.3, -0.25) is 4.79 Å². The molecule has 1 atom stereocenters.